The Balaban J connectivity index is -0.0000000575. The van der Waals surface area contributed by atoms with E-state index in [4.69, 9.17) is 15.3 Å². The molecule has 3 saturated heterocycles. The first-order chi connectivity index (χ1) is 17.2. The van der Waals surface area contributed by atoms with Gasteiger partial charge in [0.1, 0.15) is 0 Å². The number of rotatable bonds is 5. The molecule has 0 saturated carbocycles. The number of nitrogens with two attached hydrogens (primary N) is 1. The smallest absolute Gasteiger partial charge is 0.693 e. The first kappa shape index (κ1) is 68.6. The van der Waals surface area contributed by atoms with Crippen LogP contribution >= 0.6 is 0 Å². The number of hydrogen-bond acceptors (Lipinski definition) is 6. The molecule has 0 aromatic heterocycles. The van der Waals surface area contributed by atoms with Gasteiger partial charge in [0.25, 0.3) is 0 Å². The summed E-state index contributed by atoms with van der Waals surface area (Å²) >= 11 is 0. The Morgan fingerprint density at radius 3 is 1.37 bits per heavy atom. The Labute approximate surface area is 346 Å². The van der Waals surface area contributed by atoms with E-state index in [9.17, 15) is 24.3 Å². The maximum atomic E-state index is 10.6. The summed E-state index contributed by atoms with van der Waals surface area (Å²) in [6, 6.07) is 0. The minimum Gasteiger partial charge on any atom is -0.693 e. The van der Waals surface area contributed by atoms with Crippen molar-refractivity contribution in [3.63, 3.8) is 0 Å². The van der Waals surface area contributed by atoms with Crippen LogP contribution in [0.5, 0.6) is 0 Å². The molecule has 0 radical (unpaired) electrons. The Bertz CT molecular complexity index is 799. The fourth-order valence-corrected chi connectivity index (χ4v) is 4.70. The molecule has 4 rings (SSSR count). The summed E-state index contributed by atoms with van der Waals surface area (Å²) < 4.78 is 0. The number of aliphatic carboxylic acids is 4. The predicted octanol–water partition coefficient (Wildman–Crippen LogP) is -0.818. The van der Waals surface area contributed by atoms with Crippen LogP contribution in [0.2, 0.25) is 0 Å². The van der Waals surface area contributed by atoms with E-state index in [1.165, 1.54) is 31.8 Å². The van der Waals surface area contributed by atoms with Crippen molar-refractivity contribution in [2.45, 2.75) is 32.1 Å². The average Bonchev–Trinajstić information content (AvgIpc) is 2.90. The van der Waals surface area contributed by atoms with Crippen molar-refractivity contribution < 1.29 is 173 Å². The summed E-state index contributed by atoms with van der Waals surface area (Å²) in [6.45, 7) is 5.40. The molecule has 0 aromatic rings. The van der Waals surface area contributed by atoms with Crippen LogP contribution in [0.1, 0.15) is 32.1 Å². The predicted molar refractivity (Wildman–Crippen MR) is 145 cm³/mol. The Hall–Kier alpha value is 0.620. The molecule has 3 fully saturated rings. The van der Waals surface area contributed by atoms with Gasteiger partial charge in [0.15, 0.2) is 0 Å². The SMILES string of the molecule is C1CC(C2CC[N-]CC2)CC[N-]1.O.O.O.O=C(O)C1CC[N-]CC1C(=O)O.O=C([O-])C1=CNCC=C1C(=O)O.[NH2-].[Zn+2].[Zn+2].[Zn].[Zn].[Zn].[Zn]. The first-order valence-electron chi connectivity index (χ1n) is 12.2. The van der Waals surface area contributed by atoms with Crippen molar-refractivity contribution in [1.82, 2.24) is 5.32 Å². The molecular weight excluding hydrogens is 927 g/mol. The summed E-state index contributed by atoms with van der Waals surface area (Å²) in [6.07, 6.45) is 8.16. The van der Waals surface area contributed by atoms with E-state index in [2.05, 4.69) is 21.3 Å². The molecule has 22 heteroatoms. The zero-order valence-corrected chi connectivity index (χ0v) is 44.3. The summed E-state index contributed by atoms with van der Waals surface area (Å²) in [5.74, 6) is -4.47. The molecule has 0 bridgehead atoms. The van der Waals surface area contributed by atoms with E-state index < -0.39 is 35.7 Å². The molecule has 4 heterocycles. The molecule has 12 N–H and O–H groups in total. The van der Waals surface area contributed by atoms with Gasteiger partial charge in [0.2, 0.25) is 0 Å². The van der Waals surface area contributed by atoms with Gasteiger partial charge < -0.3 is 69.1 Å². The van der Waals surface area contributed by atoms with Gasteiger partial charge in [-0.3, -0.25) is 9.59 Å². The van der Waals surface area contributed by atoms with Crippen LogP contribution in [-0.4, -0.2) is 101 Å². The van der Waals surface area contributed by atoms with Gasteiger partial charge in [-0.15, -0.1) is 39.3 Å². The summed E-state index contributed by atoms with van der Waals surface area (Å²) in [5.41, 5.74) is -0.553. The van der Waals surface area contributed by atoms with Crippen LogP contribution < -0.4 is 10.4 Å². The zero-order chi connectivity index (χ0) is 26.5. The minimum absolute atomic E-state index is 0. The fraction of sp³-hybridized carbons (Fsp3) is 0.667. The largest absolute Gasteiger partial charge is 2.00 e. The van der Waals surface area contributed by atoms with Crippen molar-refractivity contribution in [3.8, 4) is 0 Å². The van der Waals surface area contributed by atoms with Gasteiger partial charge >= 0.3 is 56.9 Å². The van der Waals surface area contributed by atoms with Crippen molar-refractivity contribution >= 4 is 23.9 Å². The number of nitrogens with one attached hydrogen (secondary N) is 1. The third-order valence-electron chi connectivity index (χ3n) is 6.75. The van der Waals surface area contributed by atoms with E-state index in [-0.39, 0.29) is 157 Å². The molecule has 0 amide bonds. The maximum absolute atomic E-state index is 10.6. The first-order valence-corrected chi connectivity index (χ1v) is 12.2. The molecule has 46 heavy (non-hydrogen) atoms. The van der Waals surface area contributed by atoms with Gasteiger partial charge in [-0.25, -0.2) is 4.79 Å². The van der Waals surface area contributed by atoms with Gasteiger partial charge in [-0.05, 0) is 11.8 Å². The average molecular weight is 969 g/mol. The second kappa shape index (κ2) is 38.4. The standard InChI is InChI=1S/C10H18N2.C7H10NO4.C7H7NO4.H2N.3H2O.6Zn/c1-5-11-6-2-9(1)10-3-7-12-8-4-10;2*9-6(10)4-1-2-8-3-5(4)7(11)12;;;;;;;;;;/h9-10H,1-8H2;4-5H,1-3H2,(H,9,10)(H,11,12);1,3,8H,2H2,(H,9,10)(H,11,12);4*1H2;;;;;;/q-2;-1;;-1;;;;;;;;2*+2/p-1. The van der Waals surface area contributed by atoms with E-state index in [1.807, 2.05) is 0 Å². The number of dihydropyridines is 1. The number of hydrogen-bond donors (Lipinski definition) is 4. The van der Waals surface area contributed by atoms with Crippen LogP contribution in [0.3, 0.4) is 0 Å². The number of carbonyl (C=O) groups is 4. The molecule has 0 aliphatic carbocycles. The fourth-order valence-electron chi connectivity index (χ4n) is 4.70. The number of piperidine rings is 3. The molecule has 2 unspecified atom stereocenters. The quantitative estimate of drug-likeness (QED) is 0.250. The zero-order valence-electron chi connectivity index (χ0n) is 26.5. The van der Waals surface area contributed by atoms with Gasteiger partial charge in [-0.2, -0.15) is 0 Å². The second-order valence-electron chi connectivity index (χ2n) is 9.00. The summed E-state index contributed by atoms with van der Waals surface area (Å²) in [7, 11) is 0. The van der Waals surface area contributed by atoms with Crippen molar-refractivity contribution in [3.05, 3.63) is 45.5 Å². The Morgan fingerprint density at radius 2 is 1.07 bits per heavy atom. The number of nitrogens with zero attached hydrogens (tertiary/aromatic N) is 3. The maximum Gasteiger partial charge on any atom is 2.00 e. The van der Waals surface area contributed by atoms with Gasteiger partial charge in [-0.1, -0.05) is 38.2 Å². The number of carboxylic acid groups (broad SMARTS) is 4. The van der Waals surface area contributed by atoms with E-state index in [0.29, 0.717) is 19.5 Å². The molecular formula is C24H42N5O11Zn6-. The van der Waals surface area contributed by atoms with Crippen molar-refractivity contribution in [2.75, 3.05) is 45.8 Å². The molecule has 242 valence electrons. The van der Waals surface area contributed by atoms with E-state index in [0.717, 1.165) is 44.2 Å². The normalized spacial score (nSPS) is 19.4. The molecule has 0 spiro atoms. The summed E-state index contributed by atoms with van der Waals surface area (Å²) in [4.78, 5) is 41.9. The van der Waals surface area contributed by atoms with E-state index in [1.54, 1.807) is 0 Å². The molecule has 4 aliphatic heterocycles. The molecule has 16 nitrogen and oxygen atoms in total. The Kier molecular flexibility index (Phi) is 57.3. The van der Waals surface area contributed by atoms with Crippen molar-refractivity contribution in [1.29, 1.82) is 0 Å². The van der Waals surface area contributed by atoms with Crippen molar-refractivity contribution in [2.24, 2.45) is 23.7 Å². The second-order valence-corrected chi connectivity index (χ2v) is 9.00. The van der Waals surface area contributed by atoms with Crippen LogP contribution in [0.4, 0.5) is 0 Å². The molecule has 0 aromatic carbocycles. The van der Waals surface area contributed by atoms with Crippen LogP contribution in [0.25, 0.3) is 22.1 Å². The minimum atomic E-state index is -1.49. The third kappa shape index (κ3) is 24.7. The monoisotopic (exact) mass is 960 g/mol. The topological polar surface area (TPSA) is 334 Å². The third-order valence-corrected chi connectivity index (χ3v) is 6.75. The van der Waals surface area contributed by atoms with Gasteiger partial charge in [0.05, 0.1) is 23.4 Å². The number of carboxylic acids is 4. The van der Waals surface area contributed by atoms with Crippen LogP contribution in [0.15, 0.2) is 23.4 Å². The number of carbonyl (C=O) groups excluding carboxylic acids is 1. The van der Waals surface area contributed by atoms with Crippen LogP contribution in [0, 0.1) is 23.7 Å². The molecule has 2 atom stereocenters. The van der Waals surface area contributed by atoms with Gasteiger partial charge in [0, 0.05) is 96.2 Å². The van der Waals surface area contributed by atoms with E-state index >= 15 is 0 Å². The summed E-state index contributed by atoms with van der Waals surface area (Å²) in [5, 5.41) is 51.4. The molecule has 4 aliphatic rings. The van der Waals surface area contributed by atoms with Crippen LogP contribution in [-0.2, 0) is 136 Å². The Morgan fingerprint density at radius 1 is 0.674 bits per heavy atom.